The molecule has 27 heavy (non-hydrogen) atoms. The number of carbonyl (C=O) groups is 1. The Kier molecular flexibility index (Phi) is 4.94. The lowest BCUT2D eigenvalue weighted by Gasteiger charge is -2.16. The highest BCUT2D eigenvalue weighted by Crippen LogP contribution is 2.32. The molecule has 1 aliphatic rings. The zero-order chi connectivity index (χ0) is 18.6. The van der Waals surface area contributed by atoms with Crippen molar-refractivity contribution in [1.29, 1.82) is 0 Å². The number of hydrogen-bond acceptors (Lipinski definition) is 4. The van der Waals surface area contributed by atoms with E-state index in [0.717, 1.165) is 17.1 Å². The summed E-state index contributed by atoms with van der Waals surface area (Å²) >= 11 is 0. The van der Waals surface area contributed by atoms with Crippen molar-refractivity contribution < 1.29 is 14.3 Å². The molecule has 5 nitrogen and oxygen atoms in total. The van der Waals surface area contributed by atoms with Crippen LogP contribution < -0.4 is 20.1 Å². The molecular weight excluding hydrogens is 340 g/mol. The molecule has 4 rings (SSSR count). The van der Waals surface area contributed by atoms with Crippen molar-refractivity contribution in [2.45, 2.75) is 19.5 Å². The molecule has 5 heteroatoms. The van der Waals surface area contributed by atoms with Crippen LogP contribution in [0.5, 0.6) is 11.5 Å². The molecule has 0 saturated heterocycles. The molecule has 0 aromatic heterocycles. The Morgan fingerprint density at radius 1 is 1.04 bits per heavy atom. The quantitative estimate of drug-likeness (QED) is 0.704. The summed E-state index contributed by atoms with van der Waals surface area (Å²) in [6.45, 7) is 3.04. The summed E-state index contributed by atoms with van der Waals surface area (Å²) in [6, 6.07) is 20.3. The third kappa shape index (κ3) is 3.88. The van der Waals surface area contributed by atoms with Crippen LogP contribution in [0.2, 0.25) is 0 Å². The predicted octanol–water partition coefficient (Wildman–Crippen LogP) is 3.54. The van der Waals surface area contributed by atoms with E-state index in [1.807, 2.05) is 30.3 Å². The number of fused-ring (bicyclic) bond motifs is 2. The van der Waals surface area contributed by atoms with Crippen LogP contribution in [-0.4, -0.2) is 19.2 Å². The smallest absolute Gasteiger partial charge is 0.234 e. The molecule has 1 aliphatic heterocycles. The summed E-state index contributed by atoms with van der Waals surface area (Å²) in [5, 5.41) is 8.66. The molecule has 2 N–H and O–H groups in total. The maximum atomic E-state index is 12.2. The van der Waals surface area contributed by atoms with Crippen LogP contribution in [-0.2, 0) is 11.3 Å². The van der Waals surface area contributed by atoms with Crippen molar-refractivity contribution in [2.24, 2.45) is 0 Å². The summed E-state index contributed by atoms with van der Waals surface area (Å²) < 4.78 is 10.7. The van der Waals surface area contributed by atoms with Crippen molar-refractivity contribution in [3.63, 3.8) is 0 Å². The summed E-state index contributed by atoms with van der Waals surface area (Å²) in [5.74, 6) is 1.43. The van der Waals surface area contributed by atoms with Gasteiger partial charge in [0, 0.05) is 12.6 Å². The Bertz CT molecular complexity index is 965. The Labute approximate surface area is 158 Å². The van der Waals surface area contributed by atoms with E-state index in [1.165, 1.54) is 16.3 Å². The lowest BCUT2D eigenvalue weighted by atomic mass is 10.00. The van der Waals surface area contributed by atoms with Crippen molar-refractivity contribution in [1.82, 2.24) is 10.6 Å². The first-order valence-electron chi connectivity index (χ1n) is 9.07. The van der Waals surface area contributed by atoms with Gasteiger partial charge in [-0.2, -0.15) is 0 Å². The van der Waals surface area contributed by atoms with Crippen LogP contribution in [0.25, 0.3) is 10.8 Å². The molecular formula is C22H22N2O3. The van der Waals surface area contributed by atoms with Gasteiger partial charge in [-0.05, 0) is 41.0 Å². The normalized spacial score (nSPS) is 13.5. The minimum Gasteiger partial charge on any atom is -0.454 e. The fraction of sp³-hybridized carbons (Fsp3) is 0.227. The molecule has 1 heterocycles. The van der Waals surface area contributed by atoms with Crippen molar-refractivity contribution in [2.75, 3.05) is 13.3 Å². The minimum atomic E-state index is -0.0419. The number of hydrogen-bond donors (Lipinski definition) is 2. The predicted molar refractivity (Wildman–Crippen MR) is 105 cm³/mol. The molecule has 1 amide bonds. The fourth-order valence-corrected chi connectivity index (χ4v) is 3.30. The second-order valence-corrected chi connectivity index (χ2v) is 6.64. The number of ether oxygens (including phenoxy) is 2. The van der Waals surface area contributed by atoms with Crippen LogP contribution in [0.4, 0.5) is 0 Å². The molecule has 0 fully saturated rings. The maximum Gasteiger partial charge on any atom is 0.234 e. The molecule has 0 saturated carbocycles. The average molecular weight is 362 g/mol. The van der Waals surface area contributed by atoms with E-state index >= 15 is 0 Å². The molecule has 0 radical (unpaired) electrons. The van der Waals surface area contributed by atoms with Gasteiger partial charge in [0.2, 0.25) is 12.7 Å². The number of amides is 1. The number of nitrogens with one attached hydrogen (secondary N) is 2. The second kappa shape index (κ2) is 7.68. The van der Waals surface area contributed by atoms with E-state index in [-0.39, 0.29) is 25.3 Å². The van der Waals surface area contributed by atoms with E-state index < -0.39 is 0 Å². The summed E-state index contributed by atoms with van der Waals surface area (Å²) in [4.78, 5) is 12.2. The molecule has 0 bridgehead atoms. The average Bonchev–Trinajstić information content (AvgIpc) is 3.18. The highest BCUT2D eigenvalue weighted by atomic mass is 16.7. The first-order valence-corrected chi connectivity index (χ1v) is 9.07. The number of carbonyl (C=O) groups excluding carboxylic acids is 1. The van der Waals surface area contributed by atoms with E-state index in [9.17, 15) is 4.79 Å². The third-order valence-corrected chi connectivity index (χ3v) is 4.79. The van der Waals surface area contributed by atoms with Crippen molar-refractivity contribution in [3.8, 4) is 11.5 Å². The molecule has 1 unspecified atom stereocenters. The SMILES string of the molecule is CC(NCC(=O)NCc1ccc2c(c1)OCO2)c1cccc2ccccc12. The monoisotopic (exact) mass is 362 g/mol. The second-order valence-electron chi connectivity index (χ2n) is 6.64. The molecule has 3 aromatic rings. The van der Waals surface area contributed by atoms with Gasteiger partial charge in [-0.3, -0.25) is 4.79 Å². The van der Waals surface area contributed by atoms with Crippen LogP contribution in [0.3, 0.4) is 0 Å². The van der Waals surface area contributed by atoms with Gasteiger partial charge in [-0.15, -0.1) is 0 Å². The lowest BCUT2D eigenvalue weighted by molar-refractivity contribution is -0.120. The van der Waals surface area contributed by atoms with Crippen LogP contribution >= 0.6 is 0 Å². The van der Waals surface area contributed by atoms with E-state index in [1.54, 1.807) is 0 Å². The topological polar surface area (TPSA) is 59.6 Å². The molecule has 3 aromatic carbocycles. The van der Waals surface area contributed by atoms with Crippen molar-refractivity contribution in [3.05, 3.63) is 71.8 Å². The van der Waals surface area contributed by atoms with Crippen LogP contribution in [0.15, 0.2) is 60.7 Å². The Hall–Kier alpha value is -3.05. The van der Waals surface area contributed by atoms with Gasteiger partial charge < -0.3 is 20.1 Å². The van der Waals surface area contributed by atoms with Gasteiger partial charge in [0.1, 0.15) is 0 Å². The number of benzene rings is 3. The van der Waals surface area contributed by atoms with E-state index in [0.29, 0.717) is 6.54 Å². The van der Waals surface area contributed by atoms with Gasteiger partial charge in [-0.25, -0.2) is 0 Å². The minimum absolute atomic E-state index is 0.0419. The summed E-state index contributed by atoms with van der Waals surface area (Å²) in [7, 11) is 0. The summed E-state index contributed by atoms with van der Waals surface area (Å²) in [5.41, 5.74) is 2.17. The van der Waals surface area contributed by atoms with Gasteiger partial charge in [0.05, 0.1) is 6.54 Å². The molecule has 138 valence electrons. The van der Waals surface area contributed by atoms with Crippen LogP contribution in [0.1, 0.15) is 24.1 Å². The van der Waals surface area contributed by atoms with Crippen molar-refractivity contribution >= 4 is 16.7 Å². The fourth-order valence-electron chi connectivity index (χ4n) is 3.30. The zero-order valence-electron chi connectivity index (χ0n) is 15.2. The summed E-state index contributed by atoms with van der Waals surface area (Å²) in [6.07, 6.45) is 0. The first kappa shape index (κ1) is 17.4. The third-order valence-electron chi connectivity index (χ3n) is 4.79. The highest BCUT2D eigenvalue weighted by Gasteiger charge is 2.14. The first-order chi connectivity index (χ1) is 13.2. The molecule has 0 spiro atoms. The van der Waals surface area contributed by atoms with E-state index in [2.05, 4.69) is 47.9 Å². The lowest BCUT2D eigenvalue weighted by Crippen LogP contribution is -2.34. The van der Waals surface area contributed by atoms with Gasteiger partial charge in [-0.1, -0.05) is 48.5 Å². The maximum absolute atomic E-state index is 12.2. The highest BCUT2D eigenvalue weighted by molar-refractivity contribution is 5.86. The molecule has 0 aliphatic carbocycles. The number of rotatable bonds is 6. The van der Waals surface area contributed by atoms with Gasteiger partial charge >= 0.3 is 0 Å². The Morgan fingerprint density at radius 3 is 2.78 bits per heavy atom. The van der Waals surface area contributed by atoms with Crippen LogP contribution in [0, 0.1) is 0 Å². The Balaban J connectivity index is 1.32. The largest absolute Gasteiger partial charge is 0.454 e. The standard InChI is InChI=1S/C22H22N2O3/c1-15(18-8-4-6-17-5-2-3-7-19(17)18)23-13-22(25)24-12-16-9-10-20-21(11-16)27-14-26-20/h2-11,15,23H,12-14H2,1H3,(H,24,25). The zero-order valence-corrected chi connectivity index (χ0v) is 15.2. The Morgan fingerprint density at radius 2 is 1.85 bits per heavy atom. The van der Waals surface area contributed by atoms with Gasteiger partial charge in [0.25, 0.3) is 0 Å². The van der Waals surface area contributed by atoms with E-state index in [4.69, 9.17) is 9.47 Å². The molecule has 1 atom stereocenters. The van der Waals surface area contributed by atoms with Gasteiger partial charge in [0.15, 0.2) is 11.5 Å².